The van der Waals surface area contributed by atoms with Crippen molar-refractivity contribution in [2.75, 3.05) is 7.11 Å². The highest BCUT2D eigenvalue weighted by molar-refractivity contribution is 5.71. The summed E-state index contributed by atoms with van der Waals surface area (Å²) in [5.41, 5.74) is 0.878. The number of hydrogen-bond donors (Lipinski definition) is 1. The van der Waals surface area contributed by atoms with E-state index in [0.717, 1.165) is 0 Å². The first-order valence-electron chi connectivity index (χ1n) is 4.58. The Hall–Kier alpha value is -1.58. The first kappa shape index (κ1) is 11.5. The Morgan fingerprint density at radius 3 is 2.73 bits per heavy atom. The third-order valence-corrected chi connectivity index (χ3v) is 2.10. The number of alkyl halides is 1. The average molecular weight is 212 g/mol. The first-order valence-corrected chi connectivity index (χ1v) is 4.58. The maximum atomic E-state index is 13.2. The second-order valence-corrected chi connectivity index (χ2v) is 3.23. The molecule has 0 saturated heterocycles. The Bertz CT molecular complexity index is 361. The minimum atomic E-state index is -1.17. The summed E-state index contributed by atoms with van der Waals surface area (Å²) in [5, 5.41) is 8.67. The van der Waals surface area contributed by atoms with Crippen molar-refractivity contribution in [1.29, 1.82) is 0 Å². The summed E-state index contributed by atoms with van der Waals surface area (Å²) in [6.07, 6.45) is -1.34. The zero-order chi connectivity index (χ0) is 11.4. The fraction of sp³-hybridized carbons (Fsp3) is 0.364. The van der Waals surface area contributed by atoms with Crippen LogP contribution < -0.4 is 4.74 Å². The number of rotatable bonds is 4. The first-order chi connectivity index (χ1) is 7.06. The molecule has 0 amide bonds. The summed E-state index contributed by atoms with van der Waals surface area (Å²) < 4.78 is 18.2. The van der Waals surface area contributed by atoms with E-state index < -0.39 is 12.1 Å². The van der Waals surface area contributed by atoms with Gasteiger partial charge in [0, 0.05) is 11.1 Å². The van der Waals surface area contributed by atoms with E-state index in [0.29, 0.717) is 16.9 Å². The summed E-state index contributed by atoms with van der Waals surface area (Å²) >= 11 is 0. The second-order valence-electron chi connectivity index (χ2n) is 3.23. The highest BCUT2D eigenvalue weighted by atomic mass is 19.1. The number of carbonyl (C=O) groups is 1. The van der Waals surface area contributed by atoms with Gasteiger partial charge in [-0.3, -0.25) is 4.79 Å². The molecule has 0 aromatic heterocycles. The van der Waals surface area contributed by atoms with E-state index in [1.807, 2.05) is 0 Å². The van der Waals surface area contributed by atoms with E-state index in [-0.39, 0.29) is 6.42 Å². The largest absolute Gasteiger partial charge is 0.496 e. The maximum Gasteiger partial charge on any atom is 0.307 e. The molecular weight excluding hydrogens is 199 g/mol. The number of hydrogen-bond acceptors (Lipinski definition) is 2. The third kappa shape index (κ3) is 2.68. The van der Waals surface area contributed by atoms with Gasteiger partial charge in [-0.1, -0.05) is 18.2 Å². The number of carboxylic acid groups (broad SMARTS) is 1. The average Bonchev–Trinajstić information content (AvgIpc) is 2.16. The number of aliphatic carboxylic acids is 1. The van der Waals surface area contributed by atoms with Crippen LogP contribution in [-0.2, 0) is 11.2 Å². The van der Waals surface area contributed by atoms with Crippen molar-refractivity contribution in [2.45, 2.75) is 19.5 Å². The fourth-order valence-electron chi connectivity index (χ4n) is 1.47. The van der Waals surface area contributed by atoms with Crippen molar-refractivity contribution in [3.63, 3.8) is 0 Å². The molecule has 1 aromatic rings. The van der Waals surface area contributed by atoms with Crippen LogP contribution in [0.5, 0.6) is 5.75 Å². The molecule has 0 bridgehead atoms. The van der Waals surface area contributed by atoms with E-state index in [9.17, 15) is 9.18 Å². The van der Waals surface area contributed by atoms with Crippen LogP contribution in [0.25, 0.3) is 0 Å². The van der Waals surface area contributed by atoms with Crippen LogP contribution >= 0.6 is 0 Å². The number of benzene rings is 1. The van der Waals surface area contributed by atoms with Gasteiger partial charge in [0.15, 0.2) is 0 Å². The topological polar surface area (TPSA) is 46.5 Å². The van der Waals surface area contributed by atoms with E-state index >= 15 is 0 Å². The molecule has 0 spiro atoms. The molecule has 0 heterocycles. The number of ether oxygens (including phenoxy) is 1. The Morgan fingerprint density at radius 1 is 1.60 bits per heavy atom. The molecule has 15 heavy (non-hydrogen) atoms. The van der Waals surface area contributed by atoms with Crippen molar-refractivity contribution in [3.05, 3.63) is 29.3 Å². The molecule has 0 aliphatic rings. The molecule has 1 unspecified atom stereocenters. The highest BCUT2D eigenvalue weighted by Gasteiger charge is 2.15. The summed E-state index contributed by atoms with van der Waals surface area (Å²) in [4.78, 5) is 10.6. The van der Waals surface area contributed by atoms with Gasteiger partial charge in [0.05, 0.1) is 13.5 Å². The fourth-order valence-corrected chi connectivity index (χ4v) is 1.47. The molecule has 0 aliphatic carbocycles. The molecule has 1 N–H and O–H groups in total. The highest BCUT2D eigenvalue weighted by Crippen LogP contribution is 2.31. The van der Waals surface area contributed by atoms with Crippen LogP contribution in [0.3, 0.4) is 0 Å². The van der Waals surface area contributed by atoms with Crippen LogP contribution in [0.1, 0.15) is 24.2 Å². The molecule has 0 fully saturated rings. The minimum Gasteiger partial charge on any atom is -0.496 e. The molecular formula is C11H13FO3. The van der Waals surface area contributed by atoms with Crippen molar-refractivity contribution >= 4 is 5.97 Å². The van der Waals surface area contributed by atoms with E-state index in [4.69, 9.17) is 9.84 Å². The zero-order valence-corrected chi connectivity index (χ0v) is 8.66. The number of halogens is 1. The normalized spacial score (nSPS) is 12.2. The molecule has 4 heteroatoms. The molecule has 3 nitrogen and oxygen atoms in total. The lowest BCUT2D eigenvalue weighted by molar-refractivity contribution is -0.136. The van der Waals surface area contributed by atoms with E-state index in [2.05, 4.69) is 0 Å². The van der Waals surface area contributed by atoms with Gasteiger partial charge < -0.3 is 9.84 Å². The summed E-state index contributed by atoms with van der Waals surface area (Å²) in [6.45, 7) is 1.39. The van der Waals surface area contributed by atoms with E-state index in [1.54, 1.807) is 18.2 Å². The lowest BCUT2D eigenvalue weighted by Crippen LogP contribution is -2.04. The number of para-hydroxylation sites is 1. The molecule has 0 aliphatic heterocycles. The third-order valence-electron chi connectivity index (χ3n) is 2.10. The van der Waals surface area contributed by atoms with Crippen molar-refractivity contribution in [2.24, 2.45) is 0 Å². The van der Waals surface area contributed by atoms with Gasteiger partial charge in [-0.25, -0.2) is 4.39 Å². The Kier molecular flexibility index (Phi) is 3.66. The van der Waals surface area contributed by atoms with Gasteiger partial charge in [-0.05, 0) is 6.92 Å². The summed E-state index contributed by atoms with van der Waals surface area (Å²) in [7, 11) is 1.41. The quantitative estimate of drug-likeness (QED) is 0.833. The molecule has 1 aromatic carbocycles. The Labute approximate surface area is 87.5 Å². The van der Waals surface area contributed by atoms with Crippen LogP contribution in [0.15, 0.2) is 18.2 Å². The smallest absolute Gasteiger partial charge is 0.307 e. The Morgan fingerprint density at radius 2 is 2.27 bits per heavy atom. The van der Waals surface area contributed by atoms with Gasteiger partial charge >= 0.3 is 5.97 Å². The molecule has 1 atom stereocenters. The van der Waals surface area contributed by atoms with Gasteiger partial charge in [0.25, 0.3) is 0 Å². The minimum absolute atomic E-state index is 0.163. The number of carboxylic acids is 1. The van der Waals surface area contributed by atoms with Crippen LogP contribution in [0.2, 0.25) is 0 Å². The van der Waals surface area contributed by atoms with Crippen LogP contribution in [0, 0.1) is 0 Å². The maximum absolute atomic E-state index is 13.2. The number of methoxy groups -OCH3 is 1. The zero-order valence-electron chi connectivity index (χ0n) is 8.66. The lowest BCUT2D eigenvalue weighted by Gasteiger charge is -2.13. The van der Waals surface area contributed by atoms with Crippen molar-refractivity contribution in [3.8, 4) is 5.75 Å². The van der Waals surface area contributed by atoms with Gasteiger partial charge in [-0.15, -0.1) is 0 Å². The van der Waals surface area contributed by atoms with Crippen molar-refractivity contribution < 1.29 is 19.0 Å². The standard InChI is InChI=1S/C11H13FO3/c1-7(12)9-5-3-4-8(6-10(13)14)11(9)15-2/h3-5,7H,6H2,1-2H3,(H,13,14). The van der Waals surface area contributed by atoms with E-state index in [1.165, 1.54) is 14.0 Å². The predicted octanol–water partition coefficient (Wildman–Crippen LogP) is 2.35. The van der Waals surface area contributed by atoms with Crippen LogP contribution in [-0.4, -0.2) is 18.2 Å². The molecule has 0 radical (unpaired) electrons. The molecule has 82 valence electrons. The SMILES string of the molecule is COc1c(CC(=O)O)cccc1C(C)F. The summed E-state index contributed by atoms with van der Waals surface area (Å²) in [5.74, 6) is -0.633. The van der Waals surface area contributed by atoms with Crippen molar-refractivity contribution in [1.82, 2.24) is 0 Å². The molecule has 0 saturated carbocycles. The second kappa shape index (κ2) is 4.77. The van der Waals surface area contributed by atoms with Gasteiger partial charge in [0.2, 0.25) is 0 Å². The Balaban J connectivity index is 3.15. The summed E-state index contributed by atoms with van der Waals surface area (Å²) in [6, 6.07) is 4.85. The van der Waals surface area contributed by atoms with Gasteiger partial charge in [-0.2, -0.15) is 0 Å². The monoisotopic (exact) mass is 212 g/mol. The van der Waals surface area contributed by atoms with Crippen LogP contribution in [0.4, 0.5) is 4.39 Å². The molecule has 1 rings (SSSR count). The van der Waals surface area contributed by atoms with Gasteiger partial charge in [0.1, 0.15) is 11.9 Å². The predicted molar refractivity (Wildman–Crippen MR) is 53.9 cm³/mol. The lowest BCUT2D eigenvalue weighted by atomic mass is 10.0.